The first-order chi connectivity index (χ1) is 15.5. The number of hydrogen-bond acceptors (Lipinski definition) is 6. The van der Waals surface area contributed by atoms with Crippen molar-refractivity contribution in [3.05, 3.63) is 78.3 Å². The number of hydrogen-bond donors (Lipinski definition) is 1. The average molecular weight is 455 g/mol. The van der Waals surface area contributed by atoms with E-state index < -0.39 is 9.84 Å². The number of carbonyl (C=O) groups excluding carboxylic acids is 1. The van der Waals surface area contributed by atoms with Crippen molar-refractivity contribution < 1.29 is 22.4 Å². The van der Waals surface area contributed by atoms with Gasteiger partial charge in [0.15, 0.2) is 15.6 Å². The summed E-state index contributed by atoms with van der Waals surface area (Å²) in [6.45, 7) is 1.62. The van der Waals surface area contributed by atoms with E-state index in [1.54, 1.807) is 43.5 Å². The molecule has 1 aromatic heterocycles. The highest BCUT2D eigenvalue weighted by atomic mass is 32.2. The van der Waals surface area contributed by atoms with Gasteiger partial charge in [0, 0.05) is 30.4 Å². The lowest BCUT2D eigenvalue weighted by molar-refractivity contribution is 0.0902. The third-order valence-corrected chi connectivity index (χ3v) is 7.35. The minimum absolute atomic E-state index is 0.000629. The number of methoxy groups -OCH3 is 1. The molecule has 1 N–H and O–H groups in total. The van der Waals surface area contributed by atoms with Crippen molar-refractivity contribution in [1.29, 1.82) is 0 Å². The molecule has 0 radical (unpaired) electrons. The summed E-state index contributed by atoms with van der Waals surface area (Å²) in [5.74, 6) is 0.212. The number of nitrogens with one attached hydrogen (secondary N) is 1. The zero-order chi connectivity index (χ0) is 22.6. The Morgan fingerprint density at radius 2 is 1.75 bits per heavy atom. The van der Waals surface area contributed by atoms with Crippen molar-refractivity contribution in [2.75, 3.05) is 25.1 Å². The minimum Gasteiger partial charge on any atom is -0.497 e. The van der Waals surface area contributed by atoms with Crippen LogP contribution in [0.15, 0.2) is 76.2 Å². The van der Waals surface area contributed by atoms with Gasteiger partial charge in [0.05, 0.1) is 24.0 Å². The first-order valence-electron chi connectivity index (χ1n) is 10.5. The molecule has 8 heteroatoms. The van der Waals surface area contributed by atoms with E-state index in [-0.39, 0.29) is 28.4 Å². The van der Waals surface area contributed by atoms with Crippen molar-refractivity contribution in [3.63, 3.8) is 0 Å². The Balaban J connectivity index is 1.36. The summed E-state index contributed by atoms with van der Waals surface area (Å²) >= 11 is 0. The van der Waals surface area contributed by atoms with Crippen molar-refractivity contribution >= 4 is 21.4 Å². The Hall–Kier alpha value is -3.26. The van der Waals surface area contributed by atoms with Gasteiger partial charge in [-0.1, -0.05) is 18.2 Å². The Morgan fingerprint density at radius 3 is 2.41 bits per heavy atom. The number of nitrogens with zero attached hydrogens (tertiary/aromatic N) is 1. The maximum atomic E-state index is 12.8. The molecule has 2 heterocycles. The molecule has 1 aliphatic rings. The van der Waals surface area contributed by atoms with Gasteiger partial charge < -0.3 is 19.4 Å². The molecule has 32 heavy (non-hydrogen) atoms. The number of anilines is 1. The molecule has 1 saturated heterocycles. The zero-order valence-corrected chi connectivity index (χ0v) is 18.7. The van der Waals surface area contributed by atoms with Gasteiger partial charge in [-0.25, -0.2) is 8.42 Å². The summed E-state index contributed by atoms with van der Waals surface area (Å²) in [5.41, 5.74) is 1.48. The molecule has 0 bridgehead atoms. The van der Waals surface area contributed by atoms with Crippen LogP contribution in [-0.2, 0) is 15.6 Å². The Labute approximate surface area is 187 Å². The van der Waals surface area contributed by atoms with Crippen LogP contribution in [0.3, 0.4) is 0 Å². The second-order valence-electron chi connectivity index (χ2n) is 7.78. The highest BCUT2D eigenvalue weighted by molar-refractivity contribution is 7.90. The van der Waals surface area contributed by atoms with Crippen LogP contribution in [0, 0.1) is 0 Å². The number of ether oxygens (including phenoxy) is 1. The van der Waals surface area contributed by atoms with Crippen molar-refractivity contribution in [1.82, 2.24) is 5.32 Å². The topological polar surface area (TPSA) is 88.8 Å². The van der Waals surface area contributed by atoms with Crippen LogP contribution in [0.25, 0.3) is 0 Å². The second kappa shape index (κ2) is 9.48. The largest absolute Gasteiger partial charge is 0.497 e. The molecular formula is C24H26N2O5S. The number of rotatable bonds is 7. The highest BCUT2D eigenvalue weighted by Gasteiger charge is 2.26. The summed E-state index contributed by atoms with van der Waals surface area (Å²) in [6.07, 6.45) is 2.93. The molecule has 168 valence electrons. The van der Waals surface area contributed by atoms with Gasteiger partial charge in [0.25, 0.3) is 5.91 Å². The molecule has 7 nitrogen and oxygen atoms in total. The molecule has 1 fully saturated rings. The van der Waals surface area contributed by atoms with Crippen LogP contribution in [0.4, 0.5) is 5.69 Å². The molecule has 0 saturated carbocycles. The van der Waals surface area contributed by atoms with Gasteiger partial charge in [0.1, 0.15) is 5.75 Å². The molecule has 0 unspecified atom stereocenters. The molecular weight excluding hydrogens is 428 g/mol. The van der Waals surface area contributed by atoms with Crippen LogP contribution in [0.5, 0.6) is 5.75 Å². The van der Waals surface area contributed by atoms with E-state index in [0.29, 0.717) is 5.56 Å². The summed E-state index contributed by atoms with van der Waals surface area (Å²) < 4.78 is 35.9. The predicted molar refractivity (Wildman–Crippen MR) is 122 cm³/mol. The number of amides is 1. The molecule has 1 aliphatic heterocycles. The third kappa shape index (κ3) is 4.96. The number of carbonyl (C=O) groups is 1. The van der Waals surface area contributed by atoms with Crippen molar-refractivity contribution in [3.8, 4) is 5.75 Å². The first-order valence-corrected chi connectivity index (χ1v) is 12.2. The SMILES string of the molecule is COc1ccc(N2CCC(NC(=O)c3occc3CS(=O)(=O)c3ccccc3)CC2)cc1. The fourth-order valence-corrected chi connectivity index (χ4v) is 5.27. The van der Waals surface area contributed by atoms with Gasteiger partial charge in [-0.3, -0.25) is 4.79 Å². The zero-order valence-electron chi connectivity index (χ0n) is 17.9. The molecule has 0 spiro atoms. The normalized spacial score (nSPS) is 14.8. The quantitative estimate of drug-likeness (QED) is 0.586. The highest BCUT2D eigenvalue weighted by Crippen LogP contribution is 2.24. The van der Waals surface area contributed by atoms with Gasteiger partial charge in [-0.2, -0.15) is 0 Å². The van der Waals surface area contributed by atoms with Crippen LogP contribution in [-0.4, -0.2) is 40.6 Å². The monoisotopic (exact) mass is 454 g/mol. The fraction of sp³-hybridized carbons (Fsp3) is 0.292. The van der Waals surface area contributed by atoms with Gasteiger partial charge >= 0.3 is 0 Å². The lowest BCUT2D eigenvalue weighted by Crippen LogP contribution is -2.44. The Bertz CT molecular complexity index is 1150. The first kappa shape index (κ1) is 22.0. The predicted octanol–water partition coefficient (Wildman–Crippen LogP) is 3.66. The van der Waals surface area contributed by atoms with E-state index >= 15 is 0 Å². The number of piperidine rings is 1. The van der Waals surface area contributed by atoms with Crippen LogP contribution < -0.4 is 15.0 Å². The molecule has 3 aromatic rings. The lowest BCUT2D eigenvalue weighted by Gasteiger charge is -2.34. The van der Waals surface area contributed by atoms with Crippen molar-refractivity contribution in [2.45, 2.75) is 29.5 Å². The van der Waals surface area contributed by atoms with E-state index in [0.717, 1.165) is 37.4 Å². The standard InChI is InChI=1S/C24H26N2O5S/c1-30-21-9-7-20(8-10-21)26-14-11-19(12-15-26)25-24(27)23-18(13-16-31-23)17-32(28,29)22-5-3-2-4-6-22/h2-10,13,16,19H,11-12,14-15,17H2,1H3,(H,25,27). The molecule has 4 rings (SSSR count). The Morgan fingerprint density at radius 1 is 1.06 bits per heavy atom. The van der Waals surface area contributed by atoms with E-state index in [4.69, 9.17) is 9.15 Å². The van der Waals surface area contributed by atoms with E-state index in [1.807, 2.05) is 24.3 Å². The molecule has 2 aromatic carbocycles. The van der Waals surface area contributed by atoms with Crippen LogP contribution >= 0.6 is 0 Å². The molecule has 0 atom stereocenters. The number of furan rings is 1. The van der Waals surface area contributed by atoms with E-state index in [9.17, 15) is 13.2 Å². The smallest absolute Gasteiger partial charge is 0.287 e. The molecule has 0 aliphatic carbocycles. The van der Waals surface area contributed by atoms with Crippen molar-refractivity contribution in [2.24, 2.45) is 0 Å². The lowest BCUT2D eigenvalue weighted by atomic mass is 10.0. The van der Waals surface area contributed by atoms with E-state index in [2.05, 4.69) is 10.2 Å². The van der Waals surface area contributed by atoms with Gasteiger partial charge in [-0.15, -0.1) is 0 Å². The van der Waals surface area contributed by atoms with Gasteiger partial charge in [0.2, 0.25) is 0 Å². The minimum atomic E-state index is -3.57. The summed E-state index contributed by atoms with van der Waals surface area (Å²) in [6, 6.07) is 17.7. The third-order valence-electron chi connectivity index (χ3n) is 5.67. The van der Waals surface area contributed by atoms with Crippen LogP contribution in [0.2, 0.25) is 0 Å². The number of benzene rings is 2. The summed E-state index contributed by atoms with van der Waals surface area (Å²) in [4.78, 5) is 15.3. The summed E-state index contributed by atoms with van der Waals surface area (Å²) in [5, 5.41) is 3.00. The van der Waals surface area contributed by atoms with Crippen LogP contribution in [0.1, 0.15) is 29.0 Å². The maximum Gasteiger partial charge on any atom is 0.287 e. The fourth-order valence-electron chi connectivity index (χ4n) is 3.89. The maximum absolute atomic E-state index is 12.8. The molecule has 1 amide bonds. The average Bonchev–Trinajstić information content (AvgIpc) is 3.28. The van der Waals surface area contributed by atoms with Gasteiger partial charge in [-0.05, 0) is 55.3 Å². The second-order valence-corrected chi connectivity index (χ2v) is 9.77. The Kier molecular flexibility index (Phi) is 6.50. The summed E-state index contributed by atoms with van der Waals surface area (Å²) in [7, 11) is -1.93. The van der Waals surface area contributed by atoms with E-state index in [1.165, 1.54) is 6.26 Å². The number of sulfone groups is 1.